The predicted molar refractivity (Wildman–Crippen MR) is 54.3 cm³/mol. The molecule has 0 atom stereocenters. The van der Waals surface area contributed by atoms with Gasteiger partial charge in [0, 0.05) is 11.1 Å². The fourth-order valence-electron chi connectivity index (χ4n) is 1.20. The van der Waals surface area contributed by atoms with Crippen LogP contribution in [0.15, 0.2) is 24.3 Å². The van der Waals surface area contributed by atoms with Crippen LogP contribution in [0.25, 0.3) is 11.4 Å². The van der Waals surface area contributed by atoms with Gasteiger partial charge in [-0.25, -0.2) is 0 Å². The van der Waals surface area contributed by atoms with E-state index in [1.165, 1.54) is 4.80 Å². The summed E-state index contributed by atoms with van der Waals surface area (Å²) in [6, 6.07) is 7.07. The van der Waals surface area contributed by atoms with Crippen LogP contribution in [0.4, 0.5) is 0 Å². The maximum atomic E-state index is 10.5. The maximum Gasteiger partial charge on any atom is 0.204 e. The third kappa shape index (κ3) is 1.90. The van der Waals surface area contributed by atoms with Crippen LogP contribution in [-0.2, 0) is 6.54 Å². The molecular formula is C10H10N4O. The van der Waals surface area contributed by atoms with Gasteiger partial charge in [-0.15, -0.1) is 10.2 Å². The van der Waals surface area contributed by atoms with E-state index in [0.29, 0.717) is 17.9 Å². The minimum absolute atomic E-state index is 0.578. The van der Waals surface area contributed by atoms with Gasteiger partial charge in [0.05, 0.1) is 6.54 Å². The zero-order valence-corrected chi connectivity index (χ0v) is 8.29. The SMILES string of the molecule is CCn1nnc(-c2ccc(C=O)cc2)n1. The maximum absolute atomic E-state index is 10.5. The van der Waals surface area contributed by atoms with E-state index in [-0.39, 0.29) is 0 Å². The van der Waals surface area contributed by atoms with Crippen LogP contribution in [0, 0.1) is 0 Å². The fourth-order valence-corrected chi connectivity index (χ4v) is 1.20. The highest BCUT2D eigenvalue weighted by Gasteiger charge is 2.04. The Morgan fingerprint density at radius 1 is 1.33 bits per heavy atom. The van der Waals surface area contributed by atoms with Crippen LogP contribution in [0.3, 0.4) is 0 Å². The molecule has 0 bridgehead atoms. The first-order chi connectivity index (χ1) is 7.33. The van der Waals surface area contributed by atoms with Crippen molar-refractivity contribution >= 4 is 6.29 Å². The van der Waals surface area contributed by atoms with Gasteiger partial charge >= 0.3 is 0 Å². The van der Waals surface area contributed by atoms with E-state index in [4.69, 9.17) is 0 Å². The Kier molecular flexibility index (Phi) is 2.53. The van der Waals surface area contributed by atoms with E-state index < -0.39 is 0 Å². The lowest BCUT2D eigenvalue weighted by Crippen LogP contribution is -1.98. The van der Waals surface area contributed by atoms with E-state index in [1.807, 2.05) is 6.92 Å². The van der Waals surface area contributed by atoms with Crippen molar-refractivity contribution in [1.29, 1.82) is 0 Å². The van der Waals surface area contributed by atoms with E-state index in [9.17, 15) is 4.79 Å². The van der Waals surface area contributed by atoms with Gasteiger partial charge in [0.25, 0.3) is 0 Å². The van der Waals surface area contributed by atoms with Crippen molar-refractivity contribution in [3.63, 3.8) is 0 Å². The second-order valence-corrected chi connectivity index (χ2v) is 3.04. The fraction of sp³-hybridized carbons (Fsp3) is 0.200. The Balaban J connectivity index is 2.32. The van der Waals surface area contributed by atoms with Gasteiger partial charge in [0.2, 0.25) is 5.82 Å². The van der Waals surface area contributed by atoms with Crippen molar-refractivity contribution in [3.05, 3.63) is 29.8 Å². The predicted octanol–water partition coefficient (Wildman–Crippen LogP) is 1.17. The number of aryl methyl sites for hydroxylation is 1. The number of hydrogen-bond donors (Lipinski definition) is 0. The van der Waals surface area contributed by atoms with E-state index >= 15 is 0 Å². The molecule has 1 heterocycles. The van der Waals surface area contributed by atoms with Gasteiger partial charge in [-0.2, -0.15) is 4.80 Å². The van der Waals surface area contributed by atoms with Crippen LogP contribution in [0.5, 0.6) is 0 Å². The molecule has 76 valence electrons. The van der Waals surface area contributed by atoms with Crippen LogP contribution in [0.1, 0.15) is 17.3 Å². The largest absolute Gasteiger partial charge is 0.298 e. The number of hydrogen-bond acceptors (Lipinski definition) is 4. The van der Waals surface area contributed by atoms with Gasteiger partial charge in [0.1, 0.15) is 6.29 Å². The number of aldehydes is 1. The standard InChI is InChI=1S/C10H10N4O/c1-2-14-12-10(11-13-14)9-5-3-8(7-15)4-6-9/h3-7H,2H2,1H3. The summed E-state index contributed by atoms with van der Waals surface area (Å²) < 4.78 is 0. The number of nitrogens with zero attached hydrogens (tertiary/aromatic N) is 4. The Labute approximate surface area is 86.7 Å². The van der Waals surface area contributed by atoms with Crippen LogP contribution in [-0.4, -0.2) is 26.5 Å². The normalized spacial score (nSPS) is 10.2. The molecule has 0 unspecified atom stereocenters. The quantitative estimate of drug-likeness (QED) is 0.701. The van der Waals surface area contributed by atoms with Crippen molar-refractivity contribution in [3.8, 4) is 11.4 Å². The summed E-state index contributed by atoms with van der Waals surface area (Å²) in [5.41, 5.74) is 1.50. The third-order valence-electron chi connectivity index (χ3n) is 2.04. The molecule has 0 saturated carbocycles. The van der Waals surface area contributed by atoms with Gasteiger partial charge in [0.15, 0.2) is 0 Å². The Hall–Kier alpha value is -2.04. The molecule has 1 aromatic heterocycles. The topological polar surface area (TPSA) is 60.7 Å². The number of carbonyl (C=O) groups excluding carboxylic acids is 1. The van der Waals surface area contributed by atoms with Crippen LogP contribution < -0.4 is 0 Å². The summed E-state index contributed by atoms with van der Waals surface area (Å²) in [5, 5.41) is 11.9. The third-order valence-corrected chi connectivity index (χ3v) is 2.04. The summed E-state index contributed by atoms with van der Waals surface area (Å²) in [6.45, 7) is 2.64. The summed E-state index contributed by atoms with van der Waals surface area (Å²) in [5.74, 6) is 0.578. The van der Waals surface area contributed by atoms with Crippen molar-refractivity contribution in [2.45, 2.75) is 13.5 Å². The molecule has 15 heavy (non-hydrogen) atoms. The first-order valence-electron chi connectivity index (χ1n) is 4.67. The zero-order chi connectivity index (χ0) is 10.7. The van der Waals surface area contributed by atoms with Crippen molar-refractivity contribution in [2.75, 3.05) is 0 Å². The lowest BCUT2D eigenvalue weighted by Gasteiger charge is -1.94. The molecule has 0 saturated heterocycles. The van der Waals surface area contributed by atoms with E-state index in [1.54, 1.807) is 24.3 Å². The minimum atomic E-state index is 0.578. The smallest absolute Gasteiger partial charge is 0.204 e. The van der Waals surface area contributed by atoms with Gasteiger partial charge in [-0.3, -0.25) is 4.79 Å². The van der Waals surface area contributed by atoms with E-state index in [0.717, 1.165) is 11.8 Å². The average Bonchev–Trinajstić information content (AvgIpc) is 2.78. The molecule has 2 aromatic rings. The van der Waals surface area contributed by atoms with Crippen LogP contribution >= 0.6 is 0 Å². The molecule has 0 spiro atoms. The molecule has 0 fully saturated rings. The van der Waals surface area contributed by atoms with Gasteiger partial charge in [-0.1, -0.05) is 24.3 Å². The Morgan fingerprint density at radius 3 is 2.60 bits per heavy atom. The minimum Gasteiger partial charge on any atom is -0.298 e. The number of carbonyl (C=O) groups is 1. The summed E-state index contributed by atoms with van der Waals surface area (Å²) in [4.78, 5) is 12.0. The van der Waals surface area contributed by atoms with Crippen molar-refractivity contribution < 1.29 is 4.79 Å². The summed E-state index contributed by atoms with van der Waals surface area (Å²) >= 11 is 0. The lowest BCUT2D eigenvalue weighted by atomic mass is 10.1. The Bertz CT molecular complexity index is 461. The number of tetrazole rings is 1. The molecule has 5 nitrogen and oxygen atoms in total. The van der Waals surface area contributed by atoms with E-state index in [2.05, 4.69) is 15.4 Å². The lowest BCUT2D eigenvalue weighted by molar-refractivity contribution is 0.112. The van der Waals surface area contributed by atoms with Gasteiger partial charge in [-0.05, 0) is 12.1 Å². The summed E-state index contributed by atoms with van der Waals surface area (Å²) in [7, 11) is 0. The Morgan fingerprint density at radius 2 is 2.07 bits per heavy atom. The van der Waals surface area contributed by atoms with Crippen LogP contribution in [0.2, 0.25) is 0 Å². The van der Waals surface area contributed by atoms with Crippen molar-refractivity contribution in [1.82, 2.24) is 20.2 Å². The molecule has 2 rings (SSSR count). The number of rotatable bonds is 3. The van der Waals surface area contributed by atoms with Crippen molar-refractivity contribution in [2.24, 2.45) is 0 Å². The molecular weight excluding hydrogens is 192 g/mol. The molecule has 0 amide bonds. The first kappa shape index (κ1) is 9.51. The average molecular weight is 202 g/mol. The molecule has 0 aliphatic carbocycles. The monoisotopic (exact) mass is 202 g/mol. The molecule has 0 aliphatic rings. The highest BCUT2D eigenvalue weighted by atomic mass is 16.1. The number of benzene rings is 1. The molecule has 1 aromatic carbocycles. The second-order valence-electron chi connectivity index (χ2n) is 3.04. The van der Waals surface area contributed by atoms with Gasteiger partial charge < -0.3 is 0 Å². The molecule has 0 aliphatic heterocycles. The first-order valence-corrected chi connectivity index (χ1v) is 4.67. The second kappa shape index (κ2) is 4.00. The molecule has 0 radical (unpaired) electrons. The highest BCUT2D eigenvalue weighted by molar-refractivity contribution is 5.76. The molecule has 5 heteroatoms. The number of aromatic nitrogens is 4. The highest BCUT2D eigenvalue weighted by Crippen LogP contribution is 2.13. The zero-order valence-electron chi connectivity index (χ0n) is 8.29. The molecule has 0 N–H and O–H groups in total. The summed E-state index contributed by atoms with van der Waals surface area (Å²) in [6.07, 6.45) is 0.806.